The maximum atomic E-state index is 14.3. The first-order valence-corrected chi connectivity index (χ1v) is 11.9. The minimum atomic E-state index is -2.89. The van der Waals surface area contributed by atoms with Gasteiger partial charge in [0.1, 0.15) is 0 Å². The van der Waals surface area contributed by atoms with Crippen LogP contribution in [0.3, 0.4) is 0 Å². The Morgan fingerprint density at radius 1 is 0.536 bits per heavy atom. The highest BCUT2D eigenvalue weighted by Crippen LogP contribution is 2.42. The van der Waals surface area contributed by atoms with Gasteiger partial charge in [0.2, 0.25) is 0 Å². The number of rotatable bonds is 5. The summed E-state index contributed by atoms with van der Waals surface area (Å²) in [4.78, 5) is 2.45. The van der Waals surface area contributed by atoms with Gasteiger partial charge in [-0.15, -0.1) is 0 Å². The van der Waals surface area contributed by atoms with Crippen LogP contribution in [0.4, 0.5) is 0 Å². The van der Waals surface area contributed by atoms with Gasteiger partial charge in [-0.1, -0.05) is 78.4 Å². The lowest BCUT2D eigenvalue weighted by molar-refractivity contribution is 0.592. The summed E-state index contributed by atoms with van der Waals surface area (Å²) >= 11 is 1.16. The first kappa shape index (κ1) is 18.8. The van der Waals surface area contributed by atoms with Gasteiger partial charge in [-0.3, -0.25) is 0 Å². The number of aryl methyl sites for hydroxylation is 1. The smallest absolute Gasteiger partial charge is 0.171 e. The topological polar surface area (TPSA) is 17.1 Å². The third-order valence-electron chi connectivity index (χ3n) is 4.75. The Balaban J connectivity index is 1.71. The van der Waals surface area contributed by atoms with Crippen molar-refractivity contribution in [2.24, 2.45) is 0 Å². The molecule has 0 saturated carbocycles. The molecule has 0 aromatic heterocycles. The lowest BCUT2D eigenvalue weighted by Gasteiger charge is -2.19. The van der Waals surface area contributed by atoms with Gasteiger partial charge in [-0.2, -0.15) is 0 Å². The van der Waals surface area contributed by atoms with Gasteiger partial charge in [0.25, 0.3) is 0 Å². The molecule has 4 aromatic rings. The Morgan fingerprint density at radius 2 is 0.929 bits per heavy atom. The minimum absolute atomic E-state index is 0.866. The number of hydrogen-bond acceptors (Lipinski definition) is 1. The summed E-state index contributed by atoms with van der Waals surface area (Å²) in [6.07, 6.45) is 0. The zero-order valence-corrected chi connectivity index (χ0v) is 17.5. The van der Waals surface area contributed by atoms with Crippen molar-refractivity contribution in [2.75, 3.05) is 0 Å². The molecule has 0 N–H and O–H groups in total. The molecule has 0 aliphatic carbocycles. The predicted octanol–water partition coefficient (Wildman–Crippen LogP) is 4.87. The third kappa shape index (κ3) is 3.85. The SMILES string of the molecule is Cc1ccc([SH+]c2ccc(P(=O)(c3ccccc3)c3ccccc3)cc2)cc1. The van der Waals surface area contributed by atoms with E-state index in [0.717, 1.165) is 27.7 Å². The van der Waals surface area contributed by atoms with Crippen molar-refractivity contribution in [3.8, 4) is 0 Å². The normalized spacial score (nSPS) is 11.3. The Bertz CT molecular complexity index is 1050. The van der Waals surface area contributed by atoms with Gasteiger partial charge in [0.15, 0.2) is 16.9 Å². The summed E-state index contributed by atoms with van der Waals surface area (Å²) < 4.78 is 14.3. The van der Waals surface area contributed by atoms with E-state index < -0.39 is 7.14 Å². The van der Waals surface area contributed by atoms with E-state index in [0.29, 0.717) is 0 Å². The van der Waals surface area contributed by atoms with Crippen molar-refractivity contribution in [1.29, 1.82) is 0 Å². The van der Waals surface area contributed by atoms with Crippen LogP contribution in [0.5, 0.6) is 0 Å². The van der Waals surface area contributed by atoms with E-state index >= 15 is 0 Å². The molecule has 0 bridgehead atoms. The highest BCUT2D eigenvalue weighted by atomic mass is 32.2. The molecule has 1 nitrogen and oxygen atoms in total. The molecule has 0 spiro atoms. The van der Waals surface area contributed by atoms with Crippen LogP contribution in [0.1, 0.15) is 5.56 Å². The van der Waals surface area contributed by atoms with Crippen molar-refractivity contribution in [3.05, 3.63) is 115 Å². The molecule has 0 atom stereocenters. The fourth-order valence-corrected chi connectivity index (χ4v) is 6.77. The number of hydrogen-bond donors (Lipinski definition) is 0. The first-order valence-electron chi connectivity index (χ1n) is 9.26. The van der Waals surface area contributed by atoms with Gasteiger partial charge in [0, 0.05) is 27.7 Å². The first-order chi connectivity index (χ1) is 13.7. The number of benzene rings is 4. The summed E-state index contributed by atoms with van der Waals surface area (Å²) in [6.45, 7) is 2.10. The molecule has 3 heteroatoms. The molecule has 0 amide bonds. The molecule has 0 aliphatic rings. The second kappa shape index (κ2) is 8.22. The average Bonchev–Trinajstić information content (AvgIpc) is 2.76. The van der Waals surface area contributed by atoms with Crippen molar-refractivity contribution in [1.82, 2.24) is 0 Å². The van der Waals surface area contributed by atoms with Crippen LogP contribution in [0.25, 0.3) is 0 Å². The molecule has 0 fully saturated rings. The van der Waals surface area contributed by atoms with E-state index in [1.54, 1.807) is 0 Å². The molecule has 4 aromatic carbocycles. The van der Waals surface area contributed by atoms with Crippen LogP contribution >= 0.6 is 7.14 Å². The van der Waals surface area contributed by atoms with Gasteiger partial charge >= 0.3 is 0 Å². The standard InChI is InChI=1S/C25H21OPS/c1-20-12-16-24(17-13-20)28-25-18-14-23(15-19-25)27(26,21-8-4-2-5-9-21)22-10-6-3-7-11-22/h2-19H,1H3/p+1. The van der Waals surface area contributed by atoms with E-state index in [2.05, 4.69) is 43.3 Å². The summed E-state index contributed by atoms with van der Waals surface area (Å²) in [6, 6.07) is 36.4. The lowest BCUT2D eigenvalue weighted by Crippen LogP contribution is -2.24. The van der Waals surface area contributed by atoms with Crippen molar-refractivity contribution in [3.63, 3.8) is 0 Å². The van der Waals surface area contributed by atoms with E-state index in [-0.39, 0.29) is 0 Å². The quantitative estimate of drug-likeness (QED) is 0.265. The lowest BCUT2D eigenvalue weighted by atomic mass is 10.2. The second-order valence-electron chi connectivity index (χ2n) is 6.74. The van der Waals surface area contributed by atoms with Gasteiger partial charge in [0.05, 0.1) is 0 Å². The molecule has 138 valence electrons. The zero-order valence-electron chi connectivity index (χ0n) is 15.7. The molecule has 0 saturated heterocycles. The summed E-state index contributed by atoms with van der Waals surface area (Å²) in [5.41, 5.74) is 1.26. The van der Waals surface area contributed by atoms with Crippen LogP contribution in [0.2, 0.25) is 0 Å². The Hall–Kier alpha value is -2.54. The Kier molecular flexibility index (Phi) is 5.52. The maximum absolute atomic E-state index is 14.3. The third-order valence-corrected chi connectivity index (χ3v) is 8.93. The predicted molar refractivity (Wildman–Crippen MR) is 122 cm³/mol. The summed E-state index contributed by atoms with van der Waals surface area (Å²) in [5.74, 6) is 0. The average molecular weight is 401 g/mol. The fraction of sp³-hybridized carbons (Fsp3) is 0.0400. The van der Waals surface area contributed by atoms with Gasteiger partial charge in [-0.25, -0.2) is 0 Å². The molecule has 0 heterocycles. The Labute approximate surface area is 170 Å². The molecule has 0 unspecified atom stereocenters. The van der Waals surface area contributed by atoms with Crippen LogP contribution in [0, 0.1) is 6.92 Å². The van der Waals surface area contributed by atoms with E-state index in [4.69, 9.17) is 0 Å². The number of thiol groups is 1. The van der Waals surface area contributed by atoms with E-state index in [1.165, 1.54) is 15.4 Å². The molecular formula is C25H22OPS+. The molecule has 4 rings (SSSR count). The van der Waals surface area contributed by atoms with E-state index in [1.807, 2.05) is 72.8 Å². The van der Waals surface area contributed by atoms with Gasteiger partial charge in [-0.05, 0) is 43.3 Å². The monoisotopic (exact) mass is 401 g/mol. The Morgan fingerprint density at radius 3 is 1.39 bits per heavy atom. The molecular weight excluding hydrogens is 379 g/mol. The minimum Gasteiger partial charge on any atom is -0.309 e. The highest BCUT2D eigenvalue weighted by molar-refractivity contribution is 7.85. The van der Waals surface area contributed by atoms with E-state index in [9.17, 15) is 4.57 Å². The fourth-order valence-electron chi connectivity index (χ4n) is 3.23. The van der Waals surface area contributed by atoms with Crippen LogP contribution in [-0.2, 0) is 16.3 Å². The summed E-state index contributed by atoms with van der Waals surface area (Å²) in [7, 11) is -2.89. The highest BCUT2D eigenvalue weighted by Gasteiger charge is 2.29. The zero-order chi connectivity index (χ0) is 19.4. The van der Waals surface area contributed by atoms with Gasteiger partial charge < -0.3 is 4.57 Å². The molecule has 0 aliphatic heterocycles. The second-order valence-corrected chi connectivity index (χ2v) is 10.8. The maximum Gasteiger partial charge on any atom is 0.171 e. The van der Waals surface area contributed by atoms with Crippen molar-refractivity contribution < 1.29 is 4.57 Å². The van der Waals surface area contributed by atoms with Crippen molar-refractivity contribution in [2.45, 2.75) is 16.7 Å². The van der Waals surface area contributed by atoms with Crippen LogP contribution in [0.15, 0.2) is 119 Å². The van der Waals surface area contributed by atoms with Crippen molar-refractivity contribution >= 4 is 34.8 Å². The molecule has 0 radical (unpaired) electrons. The molecule has 28 heavy (non-hydrogen) atoms. The van der Waals surface area contributed by atoms with Crippen LogP contribution in [-0.4, -0.2) is 0 Å². The van der Waals surface area contributed by atoms with Crippen LogP contribution < -0.4 is 15.9 Å². The largest absolute Gasteiger partial charge is 0.309 e. The summed E-state index contributed by atoms with van der Waals surface area (Å²) in [5, 5.41) is 2.60.